The zero-order valence-electron chi connectivity index (χ0n) is 6.84. The maximum Gasteiger partial charge on any atom is 0.284 e. The van der Waals surface area contributed by atoms with Crippen molar-refractivity contribution in [2.45, 2.75) is 12.3 Å². The fourth-order valence-electron chi connectivity index (χ4n) is 0.924. The van der Waals surface area contributed by atoms with Crippen molar-refractivity contribution >= 4 is 11.6 Å². The molecule has 74 valence electrons. The summed E-state index contributed by atoms with van der Waals surface area (Å²) in [6, 6.07) is 2.78. The van der Waals surface area contributed by atoms with Gasteiger partial charge in [0.1, 0.15) is 23.2 Å². The Morgan fingerprint density at radius 2 is 2.29 bits per heavy atom. The summed E-state index contributed by atoms with van der Waals surface area (Å²) in [6.07, 6.45) is -2.93. The number of aromatic nitrogens is 1. The van der Waals surface area contributed by atoms with Crippen LogP contribution in [0, 0.1) is 11.3 Å². The second kappa shape index (κ2) is 4.20. The van der Waals surface area contributed by atoms with Crippen LogP contribution in [-0.2, 0) is 5.88 Å². The van der Waals surface area contributed by atoms with Crippen LogP contribution >= 0.6 is 11.6 Å². The van der Waals surface area contributed by atoms with Gasteiger partial charge in [0.05, 0.1) is 5.88 Å². The zero-order chi connectivity index (χ0) is 10.7. The van der Waals surface area contributed by atoms with Gasteiger partial charge < -0.3 is 5.11 Å². The first-order valence-corrected chi connectivity index (χ1v) is 4.10. The lowest BCUT2D eigenvalue weighted by atomic mass is 10.2. The highest BCUT2D eigenvalue weighted by molar-refractivity contribution is 6.17. The van der Waals surface area contributed by atoms with Crippen LogP contribution in [0.2, 0.25) is 0 Å². The molecule has 0 unspecified atom stereocenters. The molecule has 0 radical (unpaired) electrons. The van der Waals surface area contributed by atoms with Crippen molar-refractivity contribution in [3.8, 4) is 11.8 Å². The van der Waals surface area contributed by atoms with Crippen LogP contribution in [0.4, 0.5) is 8.78 Å². The minimum Gasteiger partial charge on any atom is -0.505 e. The summed E-state index contributed by atoms with van der Waals surface area (Å²) >= 11 is 5.40. The number of hydrogen-bond acceptors (Lipinski definition) is 3. The molecular weight excluding hydrogens is 214 g/mol. The summed E-state index contributed by atoms with van der Waals surface area (Å²) in [5, 5.41) is 17.7. The molecule has 0 atom stereocenters. The van der Waals surface area contributed by atoms with Gasteiger partial charge in [-0.15, -0.1) is 11.6 Å². The predicted octanol–water partition coefficient (Wildman–Crippen LogP) is 2.34. The molecule has 0 aliphatic rings. The van der Waals surface area contributed by atoms with Crippen LogP contribution in [-0.4, -0.2) is 10.1 Å². The number of nitriles is 1. The highest BCUT2D eigenvalue weighted by atomic mass is 35.5. The van der Waals surface area contributed by atoms with E-state index in [-0.39, 0.29) is 17.1 Å². The molecule has 0 aromatic carbocycles. The molecule has 0 fully saturated rings. The zero-order valence-corrected chi connectivity index (χ0v) is 7.59. The molecule has 1 heterocycles. The third-order valence-corrected chi connectivity index (χ3v) is 1.85. The largest absolute Gasteiger partial charge is 0.505 e. The number of hydrogen-bond donors (Lipinski definition) is 1. The van der Waals surface area contributed by atoms with Crippen LogP contribution in [0.5, 0.6) is 5.75 Å². The summed E-state index contributed by atoms with van der Waals surface area (Å²) in [5.74, 6) is -0.794. The lowest BCUT2D eigenvalue weighted by molar-refractivity contribution is 0.141. The van der Waals surface area contributed by atoms with Crippen molar-refractivity contribution in [3.63, 3.8) is 0 Å². The molecule has 1 aromatic rings. The molecule has 1 aromatic heterocycles. The molecule has 0 spiro atoms. The first kappa shape index (κ1) is 10.7. The Morgan fingerprint density at radius 3 is 2.71 bits per heavy atom. The van der Waals surface area contributed by atoms with Gasteiger partial charge in [0.2, 0.25) is 0 Å². The van der Waals surface area contributed by atoms with Gasteiger partial charge >= 0.3 is 0 Å². The standard InChI is InChI=1S/C8H5ClF2N2O/c9-2-4-1-5(3-12)13-6(7(4)14)8(10)11/h1,8,14H,2H2. The molecule has 14 heavy (non-hydrogen) atoms. The van der Waals surface area contributed by atoms with Gasteiger partial charge in [-0.2, -0.15) is 5.26 Å². The fourth-order valence-corrected chi connectivity index (χ4v) is 1.13. The van der Waals surface area contributed by atoms with E-state index in [4.69, 9.17) is 16.9 Å². The van der Waals surface area contributed by atoms with E-state index in [9.17, 15) is 13.9 Å². The van der Waals surface area contributed by atoms with Gasteiger partial charge in [-0.25, -0.2) is 13.8 Å². The lowest BCUT2D eigenvalue weighted by Crippen LogP contribution is -1.97. The molecule has 0 aliphatic carbocycles. The van der Waals surface area contributed by atoms with Gasteiger partial charge in [-0.3, -0.25) is 0 Å². The van der Waals surface area contributed by atoms with Crippen molar-refractivity contribution < 1.29 is 13.9 Å². The Balaban J connectivity index is 3.36. The highest BCUT2D eigenvalue weighted by Gasteiger charge is 2.18. The molecule has 0 saturated heterocycles. The fraction of sp³-hybridized carbons (Fsp3) is 0.250. The summed E-state index contributed by atoms with van der Waals surface area (Å²) in [5.41, 5.74) is -0.915. The van der Waals surface area contributed by atoms with E-state index in [1.54, 1.807) is 6.07 Å². The first-order chi connectivity index (χ1) is 6.60. The van der Waals surface area contributed by atoms with Crippen molar-refractivity contribution in [1.29, 1.82) is 5.26 Å². The highest BCUT2D eigenvalue weighted by Crippen LogP contribution is 2.30. The maximum atomic E-state index is 12.3. The summed E-state index contributed by atoms with van der Waals surface area (Å²) in [4.78, 5) is 3.28. The molecule has 3 nitrogen and oxygen atoms in total. The second-order valence-corrected chi connectivity index (χ2v) is 2.71. The Hall–Kier alpha value is -1.41. The lowest BCUT2D eigenvalue weighted by Gasteiger charge is -2.06. The van der Waals surface area contributed by atoms with E-state index < -0.39 is 17.9 Å². The summed E-state index contributed by atoms with van der Waals surface area (Å²) < 4.78 is 24.6. The van der Waals surface area contributed by atoms with Crippen LogP contribution < -0.4 is 0 Å². The third-order valence-electron chi connectivity index (χ3n) is 1.56. The van der Waals surface area contributed by atoms with Crippen LogP contribution in [0.3, 0.4) is 0 Å². The number of pyridine rings is 1. The Kier molecular flexibility index (Phi) is 3.20. The Labute approximate surface area is 83.6 Å². The third kappa shape index (κ3) is 1.91. The SMILES string of the molecule is N#Cc1cc(CCl)c(O)c(C(F)F)n1. The number of rotatable bonds is 2. The minimum atomic E-state index is -2.93. The topological polar surface area (TPSA) is 56.9 Å². The molecule has 0 amide bonds. The van der Waals surface area contributed by atoms with E-state index >= 15 is 0 Å². The van der Waals surface area contributed by atoms with E-state index in [1.165, 1.54) is 6.07 Å². The summed E-state index contributed by atoms with van der Waals surface area (Å²) in [7, 11) is 0. The minimum absolute atomic E-state index is 0.0773. The predicted molar refractivity (Wildman–Crippen MR) is 45.1 cm³/mol. The van der Waals surface area contributed by atoms with Crippen LogP contribution in [0.1, 0.15) is 23.4 Å². The smallest absolute Gasteiger partial charge is 0.284 e. The average molecular weight is 219 g/mol. The van der Waals surface area contributed by atoms with Gasteiger partial charge in [0, 0.05) is 5.56 Å². The second-order valence-electron chi connectivity index (χ2n) is 2.45. The molecule has 6 heteroatoms. The van der Waals surface area contributed by atoms with E-state index in [0.29, 0.717) is 0 Å². The van der Waals surface area contributed by atoms with Gasteiger partial charge in [-0.05, 0) is 6.07 Å². The molecular formula is C8H5ClF2N2O. The van der Waals surface area contributed by atoms with Crippen LogP contribution in [0.25, 0.3) is 0 Å². The van der Waals surface area contributed by atoms with Crippen LogP contribution in [0.15, 0.2) is 6.07 Å². The van der Waals surface area contributed by atoms with Crippen molar-refractivity contribution in [2.75, 3.05) is 0 Å². The maximum absolute atomic E-state index is 12.3. The Bertz CT molecular complexity index is 390. The number of alkyl halides is 3. The van der Waals surface area contributed by atoms with E-state index in [1.807, 2.05) is 0 Å². The molecule has 1 N–H and O–H groups in total. The first-order valence-electron chi connectivity index (χ1n) is 3.57. The number of halogens is 3. The molecule has 0 saturated carbocycles. The van der Waals surface area contributed by atoms with Crippen molar-refractivity contribution in [1.82, 2.24) is 4.98 Å². The molecule has 0 bridgehead atoms. The summed E-state index contributed by atoms with van der Waals surface area (Å²) in [6.45, 7) is 0. The average Bonchev–Trinajstić information content (AvgIpc) is 2.17. The molecule has 0 aliphatic heterocycles. The monoisotopic (exact) mass is 218 g/mol. The van der Waals surface area contributed by atoms with Gasteiger partial charge in [0.15, 0.2) is 0 Å². The molecule has 1 rings (SSSR count). The van der Waals surface area contributed by atoms with Crippen molar-refractivity contribution in [2.24, 2.45) is 0 Å². The quantitative estimate of drug-likeness (QED) is 0.775. The van der Waals surface area contributed by atoms with Gasteiger partial charge in [0.25, 0.3) is 6.43 Å². The number of nitrogens with zero attached hydrogens (tertiary/aromatic N) is 2. The van der Waals surface area contributed by atoms with Gasteiger partial charge in [-0.1, -0.05) is 0 Å². The Morgan fingerprint density at radius 1 is 1.64 bits per heavy atom. The van der Waals surface area contributed by atoms with E-state index in [0.717, 1.165) is 0 Å². The van der Waals surface area contributed by atoms with Crippen molar-refractivity contribution in [3.05, 3.63) is 23.0 Å². The number of aromatic hydroxyl groups is 1. The normalized spacial score (nSPS) is 10.2. The van der Waals surface area contributed by atoms with E-state index in [2.05, 4.69) is 4.98 Å².